The molecule has 7 rings (SSSR count). The maximum Gasteiger partial charge on any atom is 0.355 e. The summed E-state index contributed by atoms with van der Waals surface area (Å²) in [7, 11) is 0. The molecule has 1 saturated heterocycles. The van der Waals surface area contributed by atoms with Crippen molar-refractivity contribution in [2.24, 2.45) is 11.7 Å². The van der Waals surface area contributed by atoms with E-state index in [4.69, 9.17) is 25.1 Å². The number of nitrogens with two attached hydrogens (primary N) is 1. The first kappa shape index (κ1) is 36.1. The summed E-state index contributed by atoms with van der Waals surface area (Å²) in [6.07, 6.45) is -0.319. The third kappa shape index (κ3) is 7.47. The summed E-state index contributed by atoms with van der Waals surface area (Å²) in [5.41, 5.74) is 7.05. The van der Waals surface area contributed by atoms with Crippen LogP contribution < -0.4 is 16.4 Å². The average molecular weight is 794 g/mol. The van der Waals surface area contributed by atoms with E-state index in [1.807, 2.05) is 5.38 Å². The molecule has 0 saturated carbocycles. The van der Waals surface area contributed by atoms with Crippen molar-refractivity contribution in [3.63, 3.8) is 0 Å². The molecule has 0 spiro atoms. The normalized spacial score (nSPS) is 17.5. The first-order valence-electron chi connectivity index (χ1n) is 15.7. The average Bonchev–Trinajstić information content (AvgIpc) is 3.95. The molecule has 0 aromatic carbocycles. The van der Waals surface area contributed by atoms with Crippen LogP contribution >= 0.6 is 45.3 Å². The molecule has 0 bridgehead atoms. The van der Waals surface area contributed by atoms with Crippen molar-refractivity contribution < 1.29 is 38.9 Å². The van der Waals surface area contributed by atoms with E-state index >= 15 is 0 Å². The number of thiazole rings is 4. The number of carboxylic acid groups (broad SMARTS) is 2. The van der Waals surface area contributed by atoms with Gasteiger partial charge >= 0.3 is 11.9 Å². The number of aliphatic hydroxyl groups excluding tert-OH is 1. The number of carbonyl (C=O) groups excluding carboxylic acids is 2. The van der Waals surface area contributed by atoms with Crippen LogP contribution in [0.25, 0.3) is 44.2 Å². The lowest BCUT2D eigenvalue weighted by Crippen LogP contribution is -2.32. The highest BCUT2D eigenvalue weighted by molar-refractivity contribution is 7.14. The minimum atomic E-state index is -1.26. The van der Waals surface area contributed by atoms with Gasteiger partial charge in [-0.15, -0.1) is 45.3 Å². The molecule has 0 aliphatic carbocycles. The minimum Gasteiger partial charge on any atom is -0.476 e. The van der Waals surface area contributed by atoms with E-state index in [9.17, 15) is 34.5 Å². The Hall–Kier alpha value is -5.32. The number of aryl methyl sites for hydroxylation is 1. The van der Waals surface area contributed by atoms with Crippen LogP contribution in [0.15, 0.2) is 38.1 Å². The number of aromatic nitrogens is 6. The molecule has 1 aliphatic rings. The number of pyridine rings is 1. The standard InChI is InChI=1S/C32H27N9O8S4/c1-11-5-21(43)40-22(11)30-37-17(8-53-30)29-36-16(7-50-29)24-13(3-4-14(34-24)27-38-18(9-51-27)31(45)46)26-41-23(12(2)49-26)25(44)35-15(6-20(33)42)28-39-19(10-52-28)32(47)48/h3-4,7-11,15,21-22,40,43H,5-6H2,1-2H3,(H2,33,42)(H,35,44)(H,45,46)(H,47,48). The number of aliphatic hydroxyl groups is 1. The summed E-state index contributed by atoms with van der Waals surface area (Å²) in [6.45, 7) is 3.58. The van der Waals surface area contributed by atoms with Crippen molar-refractivity contribution in [2.75, 3.05) is 0 Å². The number of hydrogen-bond acceptors (Lipinski definition) is 17. The Morgan fingerprint density at radius 1 is 0.906 bits per heavy atom. The van der Waals surface area contributed by atoms with Gasteiger partial charge in [0.15, 0.2) is 17.1 Å². The van der Waals surface area contributed by atoms with Crippen molar-refractivity contribution in [1.29, 1.82) is 0 Å². The Labute approximate surface area is 314 Å². The monoisotopic (exact) mass is 793 g/mol. The van der Waals surface area contributed by atoms with E-state index < -0.39 is 36.0 Å². The van der Waals surface area contributed by atoms with Crippen molar-refractivity contribution in [3.8, 4) is 44.2 Å². The van der Waals surface area contributed by atoms with Gasteiger partial charge in [-0.2, -0.15) is 0 Å². The minimum absolute atomic E-state index is 0.0197. The maximum absolute atomic E-state index is 13.5. The molecule has 7 heterocycles. The lowest BCUT2D eigenvalue weighted by molar-refractivity contribution is -0.118. The van der Waals surface area contributed by atoms with Crippen LogP contribution in [0.5, 0.6) is 0 Å². The van der Waals surface area contributed by atoms with Crippen LogP contribution in [-0.4, -0.2) is 75.2 Å². The van der Waals surface area contributed by atoms with Crippen LogP contribution in [0.4, 0.5) is 0 Å². The number of amides is 2. The zero-order valence-electron chi connectivity index (χ0n) is 27.5. The van der Waals surface area contributed by atoms with E-state index in [0.29, 0.717) is 44.8 Å². The van der Waals surface area contributed by atoms with Crippen LogP contribution in [0.1, 0.15) is 79.1 Å². The van der Waals surface area contributed by atoms with Crippen LogP contribution in [0.2, 0.25) is 0 Å². The SMILES string of the molecule is Cc1oc(-c2ccc(-c3nc(C(=O)O)cs3)nc2-c2csc(-c3csc(C4NC(O)CC4C)n3)n2)nc1C(=O)NC(CC(N)=O)c1nc(C(=O)O)cs1. The van der Waals surface area contributed by atoms with Crippen LogP contribution in [-0.2, 0) is 4.79 Å². The van der Waals surface area contributed by atoms with Crippen molar-refractivity contribution in [3.05, 3.63) is 66.5 Å². The summed E-state index contributed by atoms with van der Waals surface area (Å²) in [4.78, 5) is 75.4. The van der Waals surface area contributed by atoms with Gasteiger partial charge in [0.2, 0.25) is 11.8 Å². The van der Waals surface area contributed by atoms with Gasteiger partial charge in [-0.3, -0.25) is 14.9 Å². The number of primary amides is 1. The van der Waals surface area contributed by atoms with Gasteiger partial charge in [0.1, 0.15) is 49.1 Å². The molecule has 272 valence electrons. The topological polar surface area (TPSA) is 270 Å². The van der Waals surface area contributed by atoms with Crippen molar-refractivity contribution in [1.82, 2.24) is 40.5 Å². The fourth-order valence-electron chi connectivity index (χ4n) is 5.60. The summed E-state index contributed by atoms with van der Waals surface area (Å²) in [5, 5.41) is 43.0. The smallest absolute Gasteiger partial charge is 0.355 e. The van der Waals surface area contributed by atoms with E-state index in [1.165, 1.54) is 40.4 Å². The molecule has 0 radical (unpaired) electrons. The summed E-state index contributed by atoms with van der Waals surface area (Å²) >= 11 is 4.86. The molecule has 6 aromatic rings. The molecular formula is C32H27N9O8S4. The third-order valence-corrected chi connectivity index (χ3v) is 11.7. The summed E-state index contributed by atoms with van der Waals surface area (Å²) in [6, 6.07) is 2.17. The Kier molecular flexibility index (Phi) is 9.93. The Balaban J connectivity index is 1.23. The Bertz CT molecular complexity index is 2380. The van der Waals surface area contributed by atoms with Gasteiger partial charge in [0.05, 0.1) is 29.8 Å². The molecule has 4 atom stereocenters. The quantitative estimate of drug-likeness (QED) is 0.0988. The highest BCUT2D eigenvalue weighted by atomic mass is 32.1. The van der Waals surface area contributed by atoms with Gasteiger partial charge in [0, 0.05) is 21.5 Å². The summed E-state index contributed by atoms with van der Waals surface area (Å²) in [5.74, 6) is -3.56. The number of rotatable bonds is 12. The number of aromatic carboxylic acids is 2. The van der Waals surface area contributed by atoms with E-state index in [0.717, 1.165) is 27.7 Å². The van der Waals surface area contributed by atoms with Crippen LogP contribution in [0.3, 0.4) is 0 Å². The molecule has 21 heteroatoms. The largest absolute Gasteiger partial charge is 0.476 e. The molecule has 53 heavy (non-hydrogen) atoms. The van der Waals surface area contributed by atoms with E-state index in [2.05, 4.69) is 32.5 Å². The second-order valence-electron chi connectivity index (χ2n) is 11.9. The molecule has 1 fully saturated rings. The first-order chi connectivity index (χ1) is 25.3. The number of nitrogens with one attached hydrogen (secondary N) is 2. The Morgan fingerprint density at radius 3 is 2.28 bits per heavy atom. The predicted octanol–water partition coefficient (Wildman–Crippen LogP) is 4.60. The molecule has 7 N–H and O–H groups in total. The predicted molar refractivity (Wildman–Crippen MR) is 194 cm³/mol. The molecule has 6 aromatic heterocycles. The van der Waals surface area contributed by atoms with Gasteiger partial charge in [-0.1, -0.05) is 6.92 Å². The molecular weight excluding hydrogens is 767 g/mol. The lowest BCUT2D eigenvalue weighted by Gasteiger charge is -2.14. The molecule has 4 unspecified atom stereocenters. The number of carboxylic acids is 2. The van der Waals surface area contributed by atoms with Gasteiger partial charge in [-0.05, 0) is 31.4 Å². The van der Waals surface area contributed by atoms with Gasteiger partial charge in [0.25, 0.3) is 5.91 Å². The van der Waals surface area contributed by atoms with Gasteiger partial charge < -0.3 is 30.8 Å². The number of oxazole rings is 1. The molecule has 1 aliphatic heterocycles. The fourth-order valence-corrected chi connectivity index (χ4v) is 9.04. The van der Waals surface area contributed by atoms with Crippen molar-refractivity contribution in [2.45, 2.75) is 45.0 Å². The van der Waals surface area contributed by atoms with Crippen molar-refractivity contribution >= 4 is 69.1 Å². The Morgan fingerprint density at radius 2 is 1.60 bits per heavy atom. The molecule has 2 amide bonds. The zero-order valence-corrected chi connectivity index (χ0v) is 30.7. The van der Waals surface area contributed by atoms with E-state index in [1.54, 1.807) is 17.5 Å². The highest BCUT2D eigenvalue weighted by Gasteiger charge is 2.33. The van der Waals surface area contributed by atoms with Gasteiger partial charge in [-0.25, -0.2) is 39.5 Å². The molecule has 17 nitrogen and oxygen atoms in total. The number of hydrogen-bond donors (Lipinski definition) is 6. The van der Waals surface area contributed by atoms with E-state index in [-0.39, 0.29) is 52.1 Å². The van der Waals surface area contributed by atoms with Crippen LogP contribution in [0, 0.1) is 12.8 Å². The fraction of sp³-hybridized carbons (Fsp3) is 0.250. The second kappa shape index (κ2) is 14.6. The first-order valence-corrected chi connectivity index (χ1v) is 19.2. The number of nitrogens with zero attached hydrogens (tertiary/aromatic N) is 6. The summed E-state index contributed by atoms with van der Waals surface area (Å²) < 4.78 is 5.99. The number of carbonyl (C=O) groups is 4. The second-order valence-corrected chi connectivity index (χ2v) is 15.4. The third-order valence-electron chi connectivity index (χ3n) is 8.12. The lowest BCUT2D eigenvalue weighted by atomic mass is 10.0. The maximum atomic E-state index is 13.5. The highest BCUT2D eigenvalue weighted by Crippen LogP contribution is 2.39. The zero-order chi connectivity index (χ0) is 37.6.